The molecule has 0 fully saturated rings. The molecule has 10 nitrogen and oxygen atoms in total. The first kappa shape index (κ1) is 36.6. The van der Waals surface area contributed by atoms with Crippen molar-refractivity contribution in [2.75, 3.05) is 18.1 Å². The molecule has 2 aromatic carbocycles. The SMILES string of the molecule is CCOc1cccc(-c2ccc(CC(NS(=O)(=O)c3cccs3)c3cccc(N(CC(=O)OC(C)(C)C)C(=O)OC(C)(C)C)n3)cc2)c1. The standard InChI is InChI=1S/C36H43N3O7S2/c1-8-44-28-13-9-12-27(23-28)26-19-17-25(18-20-26)22-30(38-48(42,43)33-16-11-21-47-33)29-14-10-15-31(37-29)39(34(41)46-36(5,6)7)24-32(40)45-35(2,3)4/h9-21,23,30,38H,8,22,24H2,1-7H3. The van der Waals surface area contributed by atoms with Gasteiger partial charge in [0.1, 0.15) is 33.5 Å². The molecule has 48 heavy (non-hydrogen) atoms. The third kappa shape index (κ3) is 10.6. The minimum Gasteiger partial charge on any atom is -0.494 e. The van der Waals surface area contributed by atoms with Gasteiger partial charge in [-0.1, -0.05) is 48.5 Å². The summed E-state index contributed by atoms with van der Waals surface area (Å²) in [6, 6.07) is 22.9. The molecule has 0 radical (unpaired) electrons. The lowest BCUT2D eigenvalue weighted by atomic mass is 9.99. The summed E-state index contributed by atoms with van der Waals surface area (Å²) in [6.45, 7) is 12.4. The molecule has 1 atom stereocenters. The third-order valence-electron chi connectivity index (χ3n) is 6.64. The van der Waals surface area contributed by atoms with E-state index in [1.165, 1.54) is 6.07 Å². The predicted octanol–water partition coefficient (Wildman–Crippen LogP) is 7.55. The minimum absolute atomic E-state index is 0.109. The van der Waals surface area contributed by atoms with Gasteiger partial charge in [-0.2, -0.15) is 0 Å². The molecule has 0 aliphatic carbocycles. The van der Waals surface area contributed by atoms with Gasteiger partial charge in [0.2, 0.25) is 0 Å². The van der Waals surface area contributed by atoms with Gasteiger partial charge in [-0.25, -0.2) is 22.9 Å². The van der Waals surface area contributed by atoms with Crippen LogP contribution in [-0.2, 0) is 30.7 Å². The molecule has 0 saturated heterocycles. The number of nitrogens with zero attached hydrogens (tertiary/aromatic N) is 2. The highest BCUT2D eigenvalue weighted by Gasteiger charge is 2.30. The van der Waals surface area contributed by atoms with E-state index in [0.717, 1.165) is 38.7 Å². The highest BCUT2D eigenvalue weighted by Crippen LogP contribution is 2.28. The van der Waals surface area contributed by atoms with Crippen LogP contribution >= 0.6 is 11.3 Å². The topological polar surface area (TPSA) is 124 Å². The normalized spacial score (nSPS) is 12.6. The number of pyridine rings is 1. The summed E-state index contributed by atoms with van der Waals surface area (Å²) in [6.07, 6.45) is -0.545. The summed E-state index contributed by atoms with van der Waals surface area (Å²) in [5.74, 6) is 0.236. The highest BCUT2D eigenvalue weighted by molar-refractivity contribution is 7.91. The number of rotatable bonds is 12. The van der Waals surface area contributed by atoms with Crippen LogP contribution in [-0.4, -0.2) is 49.8 Å². The third-order valence-corrected chi connectivity index (χ3v) is 9.51. The highest BCUT2D eigenvalue weighted by atomic mass is 32.2. The molecule has 0 bridgehead atoms. The van der Waals surface area contributed by atoms with E-state index in [4.69, 9.17) is 19.2 Å². The first-order valence-corrected chi connectivity index (χ1v) is 18.0. The Morgan fingerprint density at radius 2 is 1.56 bits per heavy atom. The zero-order valence-corrected chi connectivity index (χ0v) is 30.0. The van der Waals surface area contributed by atoms with Crippen LogP contribution in [0.5, 0.6) is 5.75 Å². The van der Waals surface area contributed by atoms with E-state index in [0.29, 0.717) is 12.3 Å². The fourth-order valence-electron chi connectivity index (χ4n) is 4.71. The average Bonchev–Trinajstić information content (AvgIpc) is 3.55. The van der Waals surface area contributed by atoms with Crippen LogP contribution in [0.1, 0.15) is 65.8 Å². The molecule has 1 amide bonds. The summed E-state index contributed by atoms with van der Waals surface area (Å²) in [4.78, 5) is 32.0. The maximum Gasteiger partial charge on any atom is 0.416 e. The number of carbonyl (C=O) groups excluding carboxylic acids is 2. The van der Waals surface area contributed by atoms with Crippen molar-refractivity contribution >= 4 is 39.2 Å². The van der Waals surface area contributed by atoms with Crippen LogP contribution in [0, 0.1) is 0 Å². The van der Waals surface area contributed by atoms with Crippen molar-refractivity contribution in [2.45, 2.75) is 76.3 Å². The van der Waals surface area contributed by atoms with Crippen molar-refractivity contribution in [3.05, 3.63) is 95.5 Å². The maximum absolute atomic E-state index is 13.5. The zero-order valence-electron chi connectivity index (χ0n) is 28.4. The summed E-state index contributed by atoms with van der Waals surface area (Å²) < 4.78 is 46.6. The summed E-state index contributed by atoms with van der Waals surface area (Å²) in [5.41, 5.74) is 1.53. The number of benzene rings is 2. The van der Waals surface area contributed by atoms with E-state index in [1.807, 2.05) is 55.5 Å². The van der Waals surface area contributed by atoms with Gasteiger partial charge in [0.25, 0.3) is 10.0 Å². The number of hydrogen-bond acceptors (Lipinski definition) is 9. The predicted molar refractivity (Wildman–Crippen MR) is 188 cm³/mol. The number of aromatic nitrogens is 1. The minimum atomic E-state index is -3.92. The first-order valence-electron chi connectivity index (χ1n) is 15.6. The lowest BCUT2D eigenvalue weighted by Gasteiger charge is -2.28. The molecular formula is C36H43N3O7S2. The number of nitrogens with one attached hydrogen (secondary N) is 1. The second-order valence-electron chi connectivity index (χ2n) is 13.0. The average molecular weight is 694 g/mol. The number of esters is 1. The smallest absolute Gasteiger partial charge is 0.416 e. The van der Waals surface area contributed by atoms with Crippen molar-refractivity contribution in [2.24, 2.45) is 0 Å². The van der Waals surface area contributed by atoms with Crippen LogP contribution < -0.4 is 14.4 Å². The molecule has 2 aromatic heterocycles. The molecule has 4 rings (SSSR count). The maximum atomic E-state index is 13.5. The van der Waals surface area contributed by atoms with E-state index in [2.05, 4.69) is 4.72 Å². The van der Waals surface area contributed by atoms with Crippen LogP contribution in [0.25, 0.3) is 11.1 Å². The fraction of sp³-hybridized carbons (Fsp3) is 0.361. The van der Waals surface area contributed by atoms with Gasteiger partial charge in [-0.15, -0.1) is 11.3 Å². The van der Waals surface area contributed by atoms with Gasteiger partial charge >= 0.3 is 12.1 Å². The largest absolute Gasteiger partial charge is 0.494 e. The molecule has 0 aliphatic rings. The molecule has 12 heteroatoms. The van der Waals surface area contributed by atoms with E-state index >= 15 is 0 Å². The number of sulfonamides is 1. The van der Waals surface area contributed by atoms with Gasteiger partial charge < -0.3 is 14.2 Å². The van der Waals surface area contributed by atoms with Crippen molar-refractivity contribution < 1.29 is 32.2 Å². The van der Waals surface area contributed by atoms with Crippen molar-refractivity contribution in [1.82, 2.24) is 9.71 Å². The molecule has 1 N–H and O–H groups in total. The molecule has 256 valence electrons. The number of hydrogen-bond donors (Lipinski definition) is 1. The molecule has 1 unspecified atom stereocenters. The Labute approximate surface area is 287 Å². The van der Waals surface area contributed by atoms with Crippen LogP contribution in [0.15, 0.2) is 88.5 Å². The Morgan fingerprint density at radius 3 is 2.19 bits per heavy atom. The number of anilines is 1. The molecule has 0 saturated carbocycles. The summed E-state index contributed by atoms with van der Waals surface area (Å²) >= 11 is 1.10. The molecular weight excluding hydrogens is 651 g/mol. The van der Waals surface area contributed by atoms with Gasteiger partial charge in [0.15, 0.2) is 0 Å². The van der Waals surface area contributed by atoms with Crippen LogP contribution in [0.2, 0.25) is 0 Å². The Morgan fingerprint density at radius 1 is 0.875 bits per heavy atom. The van der Waals surface area contributed by atoms with Gasteiger partial charge in [-0.05, 0) is 107 Å². The fourth-order valence-corrected chi connectivity index (χ4v) is 6.93. The van der Waals surface area contributed by atoms with Crippen molar-refractivity contribution in [1.29, 1.82) is 0 Å². The van der Waals surface area contributed by atoms with Crippen molar-refractivity contribution in [3.63, 3.8) is 0 Å². The summed E-state index contributed by atoms with van der Waals surface area (Å²) in [5, 5.41) is 1.69. The number of ether oxygens (including phenoxy) is 3. The quantitative estimate of drug-likeness (QED) is 0.151. The van der Waals surface area contributed by atoms with Crippen molar-refractivity contribution in [3.8, 4) is 16.9 Å². The number of amides is 1. The van der Waals surface area contributed by atoms with E-state index in [1.54, 1.807) is 71.2 Å². The van der Waals surface area contributed by atoms with E-state index in [9.17, 15) is 18.0 Å². The van der Waals surface area contributed by atoms with Crippen LogP contribution in [0.3, 0.4) is 0 Å². The number of thiophene rings is 1. The summed E-state index contributed by atoms with van der Waals surface area (Å²) in [7, 11) is -3.92. The monoisotopic (exact) mass is 693 g/mol. The molecule has 2 heterocycles. The molecule has 0 spiro atoms. The van der Waals surface area contributed by atoms with E-state index < -0.39 is 45.9 Å². The Kier molecular flexibility index (Phi) is 11.7. The molecule has 4 aromatic rings. The second kappa shape index (κ2) is 15.3. The van der Waals surface area contributed by atoms with Gasteiger partial charge in [0.05, 0.1) is 18.3 Å². The van der Waals surface area contributed by atoms with Crippen LogP contribution in [0.4, 0.5) is 10.6 Å². The Bertz CT molecular complexity index is 1790. The number of carbonyl (C=O) groups is 2. The zero-order chi connectivity index (χ0) is 35.1. The molecule has 0 aliphatic heterocycles. The second-order valence-corrected chi connectivity index (χ2v) is 15.9. The Balaban J connectivity index is 1.69. The first-order chi connectivity index (χ1) is 22.5. The Hall–Kier alpha value is -4.26. The lowest BCUT2D eigenvalue weighted by molar-refractivity contribution is -0.153. The van der Waals surface area contributed by atoms with Gasteiger partial charge in [0, 0.05) is 0 Å². The lowest BCUT2D eigenvalue weighted by Crippen LogP contribution is -2.42. The van der Waals surface area contributed by atoms with Gasteiger partial charge in [-0.3, -0.25) is 9.69 Å². The van der Waals surface area contributed by atoms with E-state index in [-0.39, 0.29) is 16.4 Å².